The summed E-state index contributed by atoms with van der Waals surface area (Å²) >= 11 is 0. The quantitative estimate of drug-likeness (QED) is 0.655. The lowest BCUT2D eigenvalue weighted by atomic mass is 10.1. The number of carbonyl (C=O) groups excluding carboxylic acids is 2. The predicted octanol–water partition coefficient (Wildman–Crippen LogP) is 2.05. The third kappa shape index (κ3) is 3.43. The molecule has 0 spiro atoms. The van der Waals surface area contributed by atoms with Crippen LogP contribution in [0.1, 0.15) is 10.4 Å². The van der Waals surface area contributed by atoms with Gasteiger partial charge in [-0.15, -0.1) is 0 Å². The molecule has 21 heavy (non-hydrogen) atoms. The van der Waals surface area contributed by atoms with E-state index in [4.69, 9.17) is 0 Å². The minimum atomic E-state index is -2.89. The number of amides is 1. The maximum Gasteiger partial charge on any atom is 0.345 e. The maximum atomic E-state index is 12.2. The van der Waals surface area contributed by atoms with Crippen molar-refractivity contribution >= 4 is 22.6 Å². The summed E-state index contributed by atoms with van der Waals surface area (Å²) in [6, 6.07) is 7.09. The van der Waals surface area contributed by atoms with Gasteiger partial charge in [-0.05, 0) is 6.07 Å². The van der Waals surface area contributed by atoms with Gasteiger partial charge in [0.25, 0.3) is 11.7 Å². The molecule has 0 aliphatic heterocycles. The Kier molecular flexibility index (Phi) is 4.64. The molecule has 0 fully saturated rings. The molecule has 0 bridgehead atoms. The number of fused-ring (bicyclic) bond motifs is 1. The Morgan fingerprint density at radius 2 is 2.05 bits per heavy atom. The van der Waals surface area contributed by atoms with Crippen LogP contribution in [0.5, 0.6) is 0 Å². The van der Waals surface area contributed by atoms with Crippen LogP contribution in [-0.2, 0) is 9.53 Å². The van der Waals surface area contributed by atoms with Crippen LogP contribution in [0.15, 0.2) is 30.5 Å². The molecule has 5 nitrogen and oxygen atoms in total. The maximum absolute atomic E-state index is 12.2. The highest BCUT2D eigenvalue weighted by Gasteiger charge is 2.23. The summed E-state index contributed by atoms with van der Waals surface area (Å²) in [5.41, 5.74) is 1.01. The molecule has 7 heteroatoms. The Morgan fingerprint density at radius 3 is 2.76 bits per heavy atom. The lowest BCUT2D eigenvalue weighted by Gasteiger charge is -2.15. The number of benzene rings is 1. The number of rotatable bonds is 6. The van der Waals surface area contributed by atoms with Gasteiger partial charge in [-0.3, -0.25) is 9.59 Å². The topological polar surface area (TPSA) is 62.4 Å². The van der Waals surface area contributed by atoms with Crippen LogP contribution >= 0.6 is 0 Å². The zero-order chi connectivity index (χ0) is 15.4. The van der Waals surface area contributed by atoms with Crippen molar-refractivity contribution in [1.82, 2.24) is 9.88 Å². The van der Waals surface area contributed by atoms with Gasteiger partial charge < -0.3 is 14.6 Å². The average Bonchev–Trinajstić information content (AvgIpc) is 2.89. The third-order valence-electron chi connectivity index (χ3n) is 3.05. The number of carbonyl (C=O) groups is 2. The fourth-order valence-electron chi connectivity index (χ4n) is 1.93. The van der Waals surface area contributed by atoms with Crippen LogP contribution in [0.2, 0.25) is 0 Å². The number of alkyl halides is 2. The second kappa shape index (κ2) is 6.45. The van der Waals surface area contributed by atoms with Gasteiger partial charge in [-0.25, -0.2) is 0 Å². The van der Waals surface area contributed by atoms with Crippen molar-refractivity contribution in [3.05, 3.63) is 36.0 Å². The van der Waals surface area contributed by atoms with Crippen LogP contribution in [0, 0.1) is 0 Å². The fourth-order valence-corrected chi connectivity index (χ4v) is 1.93. The van der Waals surface area contributed by atoms with Gasteiger partial charge in [-0.1, -0.05) is 18.2 Å². The van der Waals surface area contributed by atoms with E-state index in [1.165, 1.54) is 13.2 Å². The van der Waals surface area contributed by atoms with Crippen molar-refractivity contribution in [2.75, 3.05) is 20.2 Å². The highest BCUT2D eigenvalue weighted by molar-refractivity contribution is 6.44. The van der Waals surface area contributed by atoms with E-state index in [-0.39, 0.29) is 18.7 Å². The van der Waals surface area contributed by atoms with E-state index in [1.807, 2.05) is 6.07 Å². The second-order valence-corrected chi connectivity index (χ2v) is 4.44. The van der Waals surface area contributed by atoms with Gasteiger partial charge >= 0.3 is 6.61 Å². The number of likely N-dealkylation sites (N-methyl/N-ethyl adjacent to an activating group) is 1. The number of para-hydroxylation sites is 1. The Morgan fingerprint density at radius 1 is 1.33 bits per heavy atom. The van der Waals surface area contributed by atoms with E-state index >= 15 is 0 Å². The Balaban J connectivity index is 2.07. The van der Waals surface area contributed by atoms with Gasteiger partial charge in [-0.2, -0.15) is 8.78 Å². The summed E-state index contributed by atoms with van der Waals surface area (Å²) < 4.78 is 27.8. The molecule has 0 unspecified atom stereocenters. The SMILES string of the molecule is CN(CCOC(F)F)C(=O)C(=O)c1c[nH]c2ccccc12. The third-order valence-corrected chi connectivity index (χ3v) is 3.05. The Labute approximate surface area is 119 Å². The number of aromatic amines is 1. The molecule has 0 aliphatic rings. The van der Waals surface area contributed by atoms with Crippen molar-refractivity contribution in [3.63, 3.8) is 0 Å². The van der Waals surface area contributed by atoms with E-state index < -0.39 is 18.3 Å². The number of hydrogen-bond donors (Lipinski definition) is 1. The molecule has 1 heterocycles. The lowest BCUT2D eigenvalue weighted by molar-refractivity contribution is -0.139. The molecule has 1 aromatic carbocycles. The fraction of sp³-hybridized carbons (Fsp3) is 0.286. The molecule has 1 aromatic heterocycles. The number of H-pyrrole nitrogens is 1. The Bertz CT molecular complexity index is 654. The van der Waals surface area contributed by atoms with E-state index in [0.29, 0.717) is 5.39 Å². The average molecular weight is 296 g/mol. The second-order valence-electron chi connectivity index (χ2n) is 4.44. The van der Waals surface area contributed by atoms with Crippen molar-refractivity contribution in [2.24, 2.45) is 0 Å². The molecule has 1 N–H and O–H groups in total. The van der Waals surface area contributed by atoms with Crippen LogP contribution in [0.3, 0.4) is 0 Å². The van der Waals surface area contributed by atoms with Crippen molar-refractivity contribution < 1.29 is 23.1 Å². The standard InChI is InChI=1S/C14H14F2N2O3/c1-18(6-7-21-14(15)16)13(20)12(19)10-8-17-11-5-3-2-4-9(10)11/h2-5,8,14,17H,6-7H2,1H3. The largest absolute Gasteiger partial charge is 0.360 e. The summed E-state index contributed by atoms with van der Waals surface area (Å²) in [7, 11) is 1.36. The van der Waals surface area contributed by atoms with Gasteiger partial charge in [0.1, 0.15) is 0 Å². The number of halogens is 2. The van der Waals surface area contributed by atoms with Gasteiger partial charge in [0, 0.05) is 30.7 Å². The molecule has 2 aromatic rings. The van der Waals surface area contributed by atoms with Crippen LogP contribution < -0.4 is 0 Å². The number of hydrogen-bond acceptors (Lipinski definition) is 3. The first-order valence-electron chi connectivity index (χ1n) is 6.26. The van der Waals surface area contributed by atoms with E-state index in [1.54, 1.807) is 18.2 Å². The molecule has 112 valence electrons. The summed E-state index contributed by atoms with van der Waals surface area (Å²) in [5.74, 6) is -1.45. The van der Waals surface area contributed by atoms with Gasteiger partial charge in [0.2, 0.25) is 0 Å². The molecule has 0 atom stereocenters. The number of nitrogens with one attached hydrogen (secondary N) is 1. The minimum Gasteiger partial charge on any atom is -0.360 e. The number of nitrogens with zero attached hydrogens (tertiary/aromatic N) is 1. The van der Waals surface area contributed by atoms with Crippen LogP contribution in [0.4, 0.5) is 8.78 Å². The summed E-state index contributed by atoms with van der Waals surface area (Å²) in [6.07, 6.45) is 1.47. The molecule has 0 saturated heterocycles. The van der Waals surface area contributed by atoms with E-state index in [2.05, 4.69) is 9.72 Å². The Hall–Kier alpha value is -2.28. The number of ether oxygens (including phenoxy) is 1. The monoisotopic (exact) mass is 296 g/mol. The van der Waals surface area contributed by atoms with Gasteiger partial charge in [0.15, 0.2) is 0 Å². The van der Waals surface area contributed by atoms with Gasteiger partial charge in [0.05, 0.1) is 12.2 Å². The highest BCUT2D eigenvalue weighted by Crippen LogP contribution is 2.18. The van der Waals surface area contributed by atoms with E-state index in [9.17, 15) is 18.4 Å². The first-order valence-corrected chi connectivity index (χ1v) is 6.26. The normalized spacial score (nSPS) is 11.0. The number of aromatic nitrogens is 1. The van der Waals surface area contributed by atoms with Crippen LogP contribution in [-0.4, -0.2) is 48.4 Å². The summed E-state index contributed by atoms with van der Waals surface area (Å²) in [5, 5.41) is 0.646. The molecule has 0 aliphatic carbocycles. The molecule has 0 radical (unpaired) electrons. The number of Topliss-reactive ketones (excluding diaryl/α,β-unsaturated/α-hetero) is 1. The molecule has 0 saturated carbocycles. The first kappa shape index (κ1) is 15.1. The smallest absolute Gasteiger partial charge is 0.345 e. The molecular weight excluding hydrogens is 282 g/mol. The van der Waals surface area contributed by atoms with Crippen LogP contribution in [0.25, 0.3) is 10.9 Å². The zero-order valence-corrected chi connectivity index (χ0v) is 11.3. The molecule has 2 rings (SSSR count). The lowest BCUT2D eigenvalue weighted by Crippen LogP contribution is -2.35. The minimum absolute atomic E-state index is 0.0860. The first-order chi connectivity index (χ1) is 10.0. The van der Waals surface area contributed by atoms with E-state index in [0.717, 1.165) is 10.4 Å². The van der Waals surface area contributed by atoms with Crippen molar-refractivity contribution in [1.29, 1.82) is 0 Å². The predicted molar refractivity (Wildman–Crippen MR) is 72.2 cm³/mol. The summed E-state index contributed by atoms with van der Waals surface area (Å²) in [6.45, 7) is -3.31. The zero-order valence-electron chi connectivity index (χ0n) is 11.3. The number of ketones is 1. The molecular formula is C14H14F2N2O3. The summed E-state index contributed by atoms with van der Waals surface area (Å²) in [4.78, 5) is 28.1. The van der Waals surface area contributed by atoms with Crippen molar-refractivity contribution in [2.45, 2.75) is 6.61 Å². The van der Waals surface area contributed by atoms with Crippen molar-refractivity contribution in [3.8, 4) is 0 Å². The highest BCUT2D eigenvalue weighted by atomic mass is 19.3. The molecule has 1 amide bonds.